The molecule has 3 aliphatic carbocycles. The number of fused-ring (bicyclic) bond motifs is 10. The molecule has 1 aliphatic heterocycles. The Bertz CT molecular complexity index is 1330. The second-order valence-corrected chi connectivity index (χ2v) is 9.85. The van der Waals surface area contributed by atoms with Gasteiger partial charge in [-0.15, -0.1) is 0 Å². The van der Waals surface area contributed by atoms with Crippen molar-refractivity contribution in [2.75, 3.05) is 0 Å². The molecule has 1 nitrogen and oxygen atoms in total. The van der Waals surface area contributed by atoms with Crippen LogP contribution >= 0.6 is 15.9 Å². The van der Waals surface area contributed by atoms with Crippen molar-refractivity contribution in [1.82, 2.24) is 0 Å². The first-order chi connectivity index (χ1) is 15.3. The summed E-state index contributed by atoms with van der Waals surface area (Å²) in [6.45, 7) is 0. The highest BCUT2D eigenvalue weighted by atomic mass is 79.9. The predicted molar refractivity (Wildman–Crippen MR) is 130 cm³/mol. The molecule has 7 rings (SSSR count). The summed E-state index contributed by atoms with van der Waals surface area (Å²) < 4.78 is 7.71. The maximum absolute atomic E-state index is 6.43. The van der Waals surface area contributed by atoms with E-state index < -0.39 is 0 Å². The number of benzene rings is 3. The van der Waals surface area contributed by atoms with Crippen molar-refractivity contribution in [2.45, 2.75) is 31.1 Å². The van der Waals surface area contributed by atoms with Gasteiger partial charge in [0.2, 0.25) is 0 Å². The van der Waals surface area contributed by atoms with Gasteiger partial charge in [-0.05, 0) is 81.8 Å². The van der Waals surface area contributed by atoms with Crippen LogP contribution in [0.15, 0.2) is 82.9 Å². The van der Waals surface area contributed by atoms with Gasteiger partial charge in [-0.25, -0.2) is 0 Å². The monoisotopic (exact) mass is 464 g/mol. The SMILES string of the molecule is BrC1=CC2=C(CC1)c1c(ccc3c1C=CCC3)C21c2ccccc2Oc2ccccc21. The van der Waals surface area contributed by atoms with Gasteiger partial charge in [0.1, 0.15) is 11.5 Å². The highest BCUT2D eigenvalue weighted by Gasteiger charge is 2.52. The van der Waals surface area contributed by atoms with Gasteiger partial charge in [0.05, 0.1) is 5.41 Å². The highest BCUT2D eigenvalue weighted by Crippen LogP contribution is 2.64. The van der Waals surface area contributed by atoms with E-state index in [0.717, 1.165) is 37.2 Å². The quantitative estimate of drug-likeness (QED) is 0.328. The van der Waals surface area contributed by atoms with Gasteiger partial charge in [0.25, 0.3) is 0 Å². The second kappa shape index (κ2) is 6.34. The highest BCUT2D eigenvalue weighted by molar-refractivity contribution is 9.11. The Morgan fingerprint density at radius 2 is 1.52 bits per heavy atom. The molecular weight excluding hydrogens is 444 g/mol. The zero-order chi connectivity index (χ0) is 20.6. The van der Waals surface area contributed by atoms with E-state index in [1.54, 1.807) is 0 Å². The minimum Gasteiger partial charge on any atom is -0.457 e. The molecule has 0 aromatic heterocycles. The normalized spacial score (nSPS) is 19.1. The smallest absolute Gasteiger partial charge is 0.132 e. The molecule has 31 heavy (non-hydrogen) atoms. The molecule has 0 bridgehead atoms. The zero-order valence-electron chi connectivity index (χ0n) is 17.1. The number of para-hydroxylation sites is 2. The maximum atomic E-state index is 6.43. The molecule has 1 heterocycles. The molecule has 0 radical (unpaired) electrons. The van der Waals surface area contributed by atoms with E-state index in [4.69, 9.17) is 4.74 Å². The standard InChI is InChI=1S/C29H21BrO/c30-19-14-15-21-25(17-19)29(24-16-13-18-7-1-2-8-20(18)28(21)24)22-9-3-5-11-26(22)31-27-12-6-4-10-23(27)29/h2-6,8-13,16-17H,1,7,14-15H2. The van der Waals surface area contributed by atoms with E-state index in [9.17, 15) is 0 Å². The Balaban J connectivity index is 1.69. The van der Waals surface area contributed by atoms with E-state index in [1.807, 2.05) is 0 Å². The average Bonchev–Trinajstić information content (AvgIpc) is 3.10. The summed E-state index contributed by atoms with van der Waals surface area (Å²) in [6.07, 6.45) is 11.5. The Kier molecular flexibility index (Phi) is 3.64. The number of halogens is 1. The zero-order valence-corrected chi connectivity index (χ0v) is 18.7. The van der Waals surface area contributed by atoms with Crippen LogP contribution in [-0.2, 0) is 11.8 Å². The van der Waals surface area contributed by atoms with Crippen LogP contribution in [0, 0.1) is 0 Å². The van der Waals surface area contributed by atoms with Gasteiger partial charge in [-0.2, -0.15) is 0 Å². The van der Waals surface area contributed by atoms with Crippen molar-refractivity contribution >= 4 is 27.6 Å². The fourth-order valence-corrected chi connectivity index (χ4v) is 6.58. The third-order valence-electron chi connectivity index (χ3n) is 7.35. The molecule has 0 fully saturated rings. The number of aryl methyl sites for hydroxylation is 1. The molecule has 150 valence electrons. The molecule has 0 saturated carbocycles. The lowest BCUT2D eigenvalue weighted by atomic mass is 9.64. The van der Waals surface area contributed by atoms with Gasteiger partial charge >= 0.3 is 0 Å². The summed E-state index contributed by atoms with van der Waals surface area (Å²) >= 11 is 3.86. The second-order valence-electron chi connectivity index (χ2n) is 8.83. The number of allylic oxidation sites excluding steroid dienone is 5. The van der Waals surface area contributed by atoms with E-state index >= 15 is 0 Å². The van der Waals surface area contributed by atoms with Crippen LogP contribution in [0.3, 0.4) is 0 Å². The molecule has 0 amide bonds. The number of hydrogen-bond donors (Lipinski definition) is 0. The third kappa shape index (κ3) is 2.21. The number of rotatable bonds is 0. The van der Waals surface area contributed by atoms with Gasteiger partial charge in [-0.3, -0.25) is 0 Å². The Labute approximate surface area is 190 Å². The topological polar surface area (TPSA) is 9.23 Å². The molecule has 0 saturated heterocycles. The fraction of sp³-hybridized carbons (Fsp3) is 0.172. The number of hydrogen-bond acceptors (Lipinski definition) is 1. The Morgan fingerprint density at radius 3 is 2.29 bits per heavy atom. The van der Waals surface area contributed by atoms with Crippen molar-refractivity contribution < 1.29 is 4.74 Å². The summed E-state index contributed by atoms with van der Waals surface area (Å²) in [7, 11) is 0. The van der Waals surface area contributed by atoms with Gasteiger partial charge in [0.15, 0.2) is 0 Å². The lowest BCUT2D eigenvalue weighted by Crippen LogP contribution is -2.33. The van der Waals surface area contributed by atoms with Crippen LogP contribution in [0.25, 0.3) is 11.6 Å². The van der Waals surface area contributed by atoms with E-state index in [2.05, 4.69) is 94.8 Å². The Morgan fingerprint density at radius 1 is 0.774 bits per heavy atom. The van der Waals surface area contributed by atoms with Crippen molar-refractivity contribution in [2.24, 2.45) is 0 Å². The van der Waals surface area contributed by atoms with E-state index in [-0.39, 0.29) is 5.41 Å². The molecule has 0 unspecified atom stereocenters. The van der Waals surface area contributed by atoms with Crippen molar-refractivity contribution in [3.05, 3.63) is 116 Å². The van der Waals surface area contributed by atoms with Gasteiger partial charge in [0, 0.05) is 11.1 Å². The first-order valence-corrected chi connectivity index (χ1v) is 11.9. The van der Waals surface area contributed by atoms with Crippen molar-refractivity contribution in [1.29, 1.82) is 0 Å². The van der Waals surface area contributed by atoms with Crippen LogP contribution in [0.1, 0.15) is 52.6 Å². The minimum atomic E-state index is -0.337. The van der Waals surface area contributed by atoms with E-state index in [1.165, 1.54) is 49.0 Å². The van der Waals surface area contributed by atoms with Gasteiger partial charge in [-0.1, -0.05) is 76.6 Å². The summed E-state index contributed by atoms with van der Waals surface area (Å²) in [5, 5.41) is 0. The Hall–Kier alpha value is -2.84. The first kappa shape index (κ1) is 17.8. The molecule has 3 aromatic carbocycles. The lowest BCUT2D eigenvalue weighted by Gasteiger charge is -2.40. The molecule has 0 atom stereocenters. The molecule has 4 aliphatic rings. The average molecular weight is 465 g/mol. The van der Waals surface area contributed by atoms with Gasteiger partial charge < -0.3 is 4.74 Å². The van der Waals surface area contributed by atoms with Crippen LogP contribution in [0.4, 0.5) is 0 Å². The summed E-state index contributed by atoms with van der Waals surface area (Å²) in [5.41, 5.74) is 10.9. The lowest BCUT2D eigenvalue weighted by molar-refractivity contribution is 0.435. The largest absolute Gasteiger partial charge is 0.457 e. The first-order valence-electron chi connectivity index (χ1n) is 11.1. The fourth-order valence-electron chi connectivity index (χ4n) is 6.16. The number of ether oxygens (including phenoxy) is 1. The summed E-state index contributed by atoms with van der Waals surface area (Å²) in [4.78, 5) is 0. The molecule has 2 heteroatoms. The van der Waals surface area contributed by atoms with Crippen LogP contribution in [-0.4, -0.2) is 0 Å². The van der Waals surface area contributed by atoms with E-state index in [0.29, 0.717) is 0 Å². The van der Waals surface area contributed by atoms with Crippen molar-refractivity contribution in [3.63, 3.8) is 0 Å². The summed E-state index contributed by atoms with van der Waals surface area (Å²) in [6, 6.07) is 22.0. The minimum absolute atomic E-state index is 0.337. The predicted octanol–water partition coefficient (Wildman–Crippen LogP) is 7.93. The molecule has 3 aromatic rings. The summed E-state index contributed by atoms with van der Waals surface area (Å²) in [5.74, 6) is 1.92. The molecule has 0 N–H and O–H groups in total. The molecular formula is C29H21BrO. The van der Waals surface area contributed by atoms with Crippen molar-refractivity contribution in [3.8, 4) is 11.5 Å². The molecule has 1 spiro atoms. The van der Waals surface area contributed by atoms with Crippen LogP contribution in [0.5, 0.6) is 11.5 Å². The maximum Gasteiger partial charge on any atom is 0.132 e. The van der Waals surface area contributed by atoms with Crippen LogP contribution in [0.2, 0.25) is 0 Å². The third-order valence-corrected chi connectivity index (χ3v) is 7.98. The van der Waals surface area contributed by atoms with Crippen LogP contribution < -0.4 is 4.74 Å².